The standard InChI is InChI=1S/C15H30O5/c1-4-5-7-18-9-11-20-12-10-19-8-6-14(13(2)3)15(16)17/h13-14H,4-12H2,1-3H3,(H,16,17). The number of unbranched alkanes of at least 4 members (excludes halogenated alkanes) is 1. The second kappa shape index (κ2) is 13.3. The topological polar surface area (TPSA) is 65.0 Å². The van der Waals surface area contributed by atoms with Gasteiger partial charge in [-0.15, -0.1) is 0 Å². The van der Waals surface area contributed by atoms with Crippen molar-refractivity contribution in [1.82, 2.24) is 0 Å². The number of hydrogen-bond acceptors (Lipinski definition) is 4. The van der Waals surface area contributed by atoms with Gasteiger partial charge in [0.05, 0.1) is 32.3 Å². The molecule has 120 valence electrons. The monoisotopic (exact) mass is 290 g/mol. The van der Waals surface area contributed by atoms with Gasteiger partial charge in [-0.1, -0.05) is 27.2 Å². The molecule has 5 nitrogen and oxygen atoms in total. The average molecular weight is 290 g/mol. The third-order valence-electron chi connectivity index (χ3n) is 3.08. The van der Waals surface area contributed by atoms with Crippen LogP contribution in [-0.4, -0.2) is 50.7 Å². The molecule has 0 aromatic carbocycles. The summed E-state index contributed by atoms with van der Waals surface area (Å²) in [4.78, 5) is 11.0. The van der Waals surface area contributed by atoms with Crippen molar-refractivity contribution in [2.24, 2.45) is 11.8 Å². The largest absolute Gasteiger partial charge is 0.481 e. The number of aliphatic carboxylic acids is 1. The Kier molecular flexibility index (Phi) is 12.9. The van der Waals surface area contributed by atoms with Crippen molar-refractivity contribution >= 4 is 5.97 Å². The molecule has 20 heavy (non-hydrogen) atoms. The molecule has 0 aliphatic heterocycles. The van der Waals surface area contributed by atoms with Gasteiger partial charge < -0.3 is 19.3 Å². The number of hydrogen-bond donors (Lipinski definition) is 1. The summed E-state index contributed by atoms with van der Waals surface area (Å²) < 4.78 is 16.1. The molecule has 0 aromatic heterocycles. The molecule has 0 fully saturated rings. The van der Waals surface area contributed by atoms with E-state index in [-0.39, 0.29) is 11.8 Å². The molecular weight excluding hydrogens is 260 g/mol. The Balaban J connectivity index is 3.29. The van der Waals surface area contributed by atoms with Crippen LogP contribution in [0.5, 0.6) is 0 Å². The highest BCUT2D eigenvalue weighted by molar-refractivity contribution is 5.70. The molecular formula is C15H30O5. The lowest BCUT2D eigenvalue weighted by Crippen LogP contribution is -2.22. The Bertz CT molecular complexity index is 230. The van der Waals surface area contributed by atoms with Gasteiger partial charge in [0, 0.05) is 13.2 Å². The molecule has 0 aromatic rings. The highest BCUT2D eigenvalue weighted by atomic mass is 16.5. The first-order valence-corrected chi connectivity index (χ1v) is 7.55. The molecule has 0 aliphatic carbocycles. The van der Waals surface area contributed by atoms with Gasteiger partial charge in [-0.3, -0.25) is 4.79 Å². The summed E-state index contributed by atoms with van der Waals surface area (Å²) >= 11 is 0. The van der Waals surface area contributed by atoms with Gasteiger partial charge in [0.1, 0.15) is 0 Å². The minimum Gasteiger partial charge on any atom is -0.481 e. The first-order chi connectivity index (χ1) is 9.59. The fourth-order valence-electron chi connectivity index (χ4n) is 1.74. The Morgan fingerprint density at radius 2 is 1.45 bits per heavy atom. The van der Waals surface area contributed by atoms with E-state index in [1.165, 1.54) is 0 Å². The minimum absolute atomic E-state index is 0.132. The van der Waals surface area contributed by atoms with E-state index in [2.05, 4.69) is 6.92 Å². The van der Waals surface area contributed by atoms with E-state index in [0.29, 0.717) is 39.5 Å². The maximum atomic E-state index is 11.0. The van der Waals surface area contributed by atoms with Crippen LogP contribution in [0.4, 0.5) is 0 Å². The minimum atomic E-state index is -0.746. The van der Waals surface area contributed by atoms with Gasteiger partial charge in [-0.2, -0.15) is 0 Å². The predicted octanol–water partition coefficient (Wildman–Crippen LogP) is 2.58. The summed E-state index contributed by atoms with van der Waals surface area (Å²) in [5, 5.41) is 9.01. The molecule has 0 radical (unpaired) electrons. The van der Waals surface area contributed by atoms with Crippen LogP contribution in [-0.2, 0) is 19.0 Å². The summed E-state index contributed by atoms with van der Waals surface area (Å²) in [7, 11) is 0. The Morgan fingerprint density at radius 3 is 1.90 bits per heavy atom. The predicted molar refractivity (Wildman–Crippen MR) is 77.9 cm³/mol. The highest BCUT2D eigenvalue weighted by Crippen LogP contribution is 2.15. The van der Waals surface area contributed by atoms with Crippen molar-refractivity contribution < 1.29 is 24.1 Å². The van der Waals surface area contributed by atoms with Crippen LogP contribution < -0.4 is 0 Å². The van der Waals surface area contributed by atoms with Crippen molar-refractivity contribution in [3.05, 3.63) is 0 Å². The van der Waals surface area contributed by atoms with Crippen molar-refractivity contribution in [3.8, 4) is 0 Å². The molecule has 5 heteroatoms. The van der Waals surface area contributed by atoms with Crippen LogP contribution >= 0.6 is 0 Å². The third kappa shape index (κ3) is 11.2. The SMILES string of the molecule is CCCCOCCOCCOCCC(C(=O)O)C(C)C. The number of ether oxygens (including phenoxy) is 3. The zero-order valence-electron chi connectivity index (χ0n) is 13.1. The number of carboxylic acid groups (broad SMARTS) is 1. The lowest BCUT2D eigenvalue weighted by atomic mass is 9.93. The number of carbonyl (C=O) groups is 1. The van der Waals surface area contributed by atoms with E-state index < -0.39 is 5.97 Å². The van der Waals surface area contributed by atoms with Crippen molar-refractivity contribution in [1.29, 1.82) is 0 Å². The Hall–Kier alpha value is -0.650. The van der Waals surface area contributed by atoms with Crippen LogP contribution in [0.2, 0.25) is 0 Å². The summed E-state index contributed by atoms with van der Waals surface area (Å²) in [5.41, 5.74) is 0. The molecule has 0 amide bonds. The zero-order chi connectivity index (χ0) is 15.2. The van der Waals surface area contributed by atoms with Gasteiger partial charge >= 0.3 is 5.97 Å². The van der Waals surface area contributed by atoms with Gasteiger partial charge in [-0.25, -0.2) is 0 Å². The molecule has 0 heterocycles. The first kappa shape index (κ1) is 19.4. The van der Waals surface area contributed by atoms with Gasteiger partial charge in [-0.05, 0) is 18.8 Å². The van der Waals surface area contributed by atoms with Crippen LogP contribution in [0.25, 0.3) is 0 Å². The maximum absolute atomic E-state index is 11.0. The first-order valence-electron chi connectivity index (χ1n) is 7.55. The third-order valence-corrected chi connectivity index (χ3v) is 3.08. The second-order valence-electron chi connectivity index (χ2n) is 5.17. The fraction of sp³-hybridized carbons (Fsp3) is 0.933. The van der Waals surface area contributed by atoms with Crippen molar-refractivity contribution in [2.75, 3.05) is 39.6 Å². The van der Waals surface area contributed by atoms with E-state index in [0.717, 1.165) is 19.4 Å². The summed E-state index contributed by atoms with van der Waals surface area (Å²) in [6.07, 6.45) is 2.78. The van der Waals surface area contributed by atoms with Crippen LogP contribution in [0.3, 0.4) is 0 Å². The van der Waals surface area contributed by atoms with Crippen molar-refractivity contribution in [3.63, 3.8) is 0 Å². The van der Waals surface area contributed by atoms with Crippen LogP contribution in [0.15, 0.2) is 0 Å². The lowest BCUT2D eigenvalue weighted by molar-refractivity contribution is -0.144. The normalized spacial score (nSPS) is 12.8. The van der Waals surface area contributed by atoms with E-state index in [4.69, 9.17) is 19.3 Å². The van der Waals surface area contributed by atoms with Gasteiger partial charge in [0.25, 0.3) is 0 Å². The van der Waals surface area contributed by atoms with E-state index in [1.807, 2.05) is 13.8 Å². The molecule has 0 aliphatic rings. The highest BCUT2D eigenvalue weighted by Gasteiger charge is 2.20. The summed E-state index contributed by atoms with van der Waals surface area (Å²) in [6, 6.07) is 0. The lowest BCUT2D eigenvalue weighted by Gasteiger charge is -2.15. The summed E-state index contributed by atoms with van der Waals surface area (Å²) in [5.74, 6) is -0.945. The smallest absolute Gasteiger partial charge is 0.306 e. The zero-order valence-corrected chi connectivity index (χ0v) is 13.1. The molecule has 1 N–H and O–H groups in total. The maximum Gasteiger partial charge on any atom is 0.306 e. The molecule has 1 unspecified atom stereocenters. The Morgan fingerprint density at radius 1 is 0.950 bits per heavy atom. The quantitative estimate of drug-likeness (QED) is 0.498. The molecule has 0 saturated carbocycles. The fourth-order valence-corrected chi connectivity index (χ4v) is 1.74. The van der Waals surface area contributed by atoms with E-state index in [9.17, 15) is 4.79 Å². The molecule has 0 bridgehead atoms. The van der Waals surface area contributed by atoms with E-state index in [1.54, 1.807) is 0 Å². The summed E-state index contributed by atoms with van der Waals surface area (Å²) in [6.45, 7) is 9.45. The second-order valence-corrected chi connectivity index (χ2v) is 5.17. The van der Waals surface area contributed by atoms with Gasteiger partial charge in [0.15, 0.2) is 0 Å². The molecule has 0 rings (SSSR count). The van der Waals surface area contributed by atoms with Crippen molar-refractivity contribution in [2.45, 2.75) is 40.0 Å². The Labute approximate surface area is 122 Å². The number of carboxylic acids is 1. The van der Waals surface area contributed by atoms with Gasteiger partial charge in [0.2, 0.25) is 0 Å². The molecule has 1 atom stereocenters. The number of rotatable bonds is 14. The van der Waals surface area contributed by atoms with Crippen LogP contribution in [0, 0.1) is 11.8 Å². The van der Waals surface area contributed by atoms with E-state index >= 15 is 0 Å². The molecule has 0 saturated heterocycles. The average Bonchev–Trinajstić information content (AvgIpc) is 2.39. The van der Waals surface area contributed by atoms with Crippen LogP contribution in [0.1, 0.15) is 40.0 Å². The molecule has 0 spiro atoms.